The van der Waals surface area contributed by atoms with E-state index in [4.69, 9.17) is 9.47 Å². The predicted octanol–water partition coefficient (Wildman–Crippen LogP) is 3.13. The van der Waals surface area contributed by atoms with E-state index >= 15 is 0 Å². The van der Waals surface area contributed by atoms with Crippen molar-refractivity contribution in [3.05, 3.63) is 59.7 Å². The number of nitrogens with one attached hydrogen (secondary N) is 1. The van der Waals surface area contributed by atoms with Gasteiger partial charge in [-0.25, -0.2) is 0 Å². The predicted molar refractivity (Wildman–Crippen MR) is 91.0 cm³/mol. The fourth-order valence-electron chi connectivity index (χ4n) is 2.13. The molecule has 1 N–H and O–H groups in total. The van der Waals surface area contributed by atoms with Crippen LogP contribution < -0.4 is 14.8 Å². The van der Waals surface area contributed by atoms with Gasteiger partial charge in [0, 0.05) is 6.07 Å². The summed E-state index contributed by atoms with van der Waals surface area (Å²) in [6.45, 7) is 5.50. The molecule has 0 heterocycles. The normalized spacial score (nSPS) is 10.2. The first-order valence-electron chi connectivity index (χ1n) is 7.85. The maximum Gasteiger partial charge on any atom is 0.224 e. The molecule has 0 unspecified atom stereocenters. The van der Waals surface area contributed by atoms with Gasteiger partial charge in [0.15, 0.2) is 0 Å². The Morgan fingerprint density at radius 2 is 1.74 bits per heavy atom. The largest absolute Gasteiger partial charge is 0.494 e. The highest BCUT2D eigenvalue weighted by atomic mass is 16.5. The molecule has 0 saturated heterocycles. The zero-order valence-corrected chi connectivity index (χ0v) is 13.7. The summed E-state index contributed by atoms with van der Waals surface area (Å²) in [7, 11) is 0. The third-order valence-electron chi connectivity index (χ3n) is 3.29. The Kier molecular flexibility index (Phi) is 6.48. The Morgan fingerprint density at radius 3 is 2.43 bits per heavy atom. The molecule has 2 rings (SSSR count). The van der Waals surface area contributed by atoms with Gasteiger partial charge in [-0.2, -0.15) is 0 Å². The molecule has 2 aromatic carbocycles. The van der Waals surface area contributed by atoms with Crippen molar-refractivity contribution in [3.63, 3.8) is 0 Å². The van der Waals surface area contributed by atoms with Gasteiger partial charge < -0.3 is 14.8 Å². The minimum atomic E-state index is 0.000482. The van der Waals surface area contributed by atoms with Crippen LogP contribution in [0.4, 0.5) is 0 Å². The minimum Gasteiger partial charge on any atom is -0.494 e. The van der Waals surface area contributed by atoms with Crippen LogP contribution in [0.5, 0.6) is 11.5 Å². The lowest BCUT2D eigenvalue weighted by Crippen LogP contribution is -2.29. The van der Waals surface area contributed by atoms with E-state index < -0.39 is 0 Å². The fourth-order valence-corrected chi connectivity index (χ4v) is 2.13. The van der Waals surface area contributed by atoms with Gasteiger partial charge in [0.1, 0.15) is 18.1 Å². The van der Waals surface area contributed by atoms with Gasteiger partial charge >= 0.3 is 0 Å². The molecule has 23 heavy (non-hydrogen) atoms. The van der Waals surface area contributed by atoms with Gasteiger partial charge in [0.2, 0.25) is 5.91 Å². The highest BCUT2D eigenvalue weighted by Crippen LogP contribution is 2.19. The number of hydrogen-bond donors (Lipinski definition) is 1. The lowest BCUT2D eigenvalue weighted by Gasteiger charge is -2.09. The summed E-state index contributed by atoms with van der Waals surface area (Å²) in [5.74, 6) is 1.53. The zero-order chi connectivity index (χ0) is 16.5. The lowest BCUT2D eigenvalue weighted by molar-refractivity contribution is -0.120. The summed E-state index contributed by atoms with van der Waals surface area (Å²) in [5.41, 5.74) is 2.20. The van der Waals surface area contributed by atoms with Crippen molar-refractivity contribution in [2.45, 2.75) is 20.3 Å². The van der Waals surface area contributed by atoms with Gasteiger partial charge in [0.25, 0.3) is 0 Å². The third-order valence-corrected chi connectivity index (χ3v) is 3.29. The molecule has 0 fully saturated rings. The molecule has 0 spiro atoms. The number of benzene rings is 2. The molecular weight excluding hydrogens is 290 g/mol. The SMILES string of the molecule is CCOc1cccc(OCCNC(=O)Cc2ccc(C)cc2)c1. The van der Waals surface area contributed by atoms with Crippen LogP contribution in [0.3, 0.4) is 0 Å². The van der Waals surface area contributed by atoms with Crippen LogP contribution in [0.25, 0.3) is 0 Å². The number of hydrogen-bond acceptors (Lipinski definition) is 3. The molecule has 122 valence electrons. The van der Waals surface area contributed by atoms with E-state index in [2.05, 4.69) is 5.32 Å². The molecule has 0 bridgehead atoms. The van der Waals surface area contributed by atoms with Crippen LogP contribution in [-0.2, 0) is 11.2 Å². The number of ether oxygens (including phenoxy) is 2. The van der Waals surface area contributed by atoms with E-state index in [1.165, 1.54) is 5.56 Å². The molecule has 0 saturated carbocycles. The molecular formula is C19H23NO3. The van der Waals surface area contributed by atoms with Crippen molar-refractivity contribution in [3.8, 4) is 11.5 Å². The maximum absolute atomic E-state index is 11.9. The molecule has 0 aromatic heterocycles. The van der Waals surface area contributed by atoms with Crippen LogP contribution in [0, 0.1) is 6.92 Å². The van der Waals surface area contributed by atoms with E-state index in [0.29, 0.717) is 26.2 Å². The van der Waals surface area contributed by atoms with Crippen LogP contribution in [0.2, 0.25) is 0 Å². The molecule has 0 aliphatic rings. The van der Waals surface area contributed by atoms with Crippen molar-refractivity contribution in [2.24, 2.45) is 0 Å². The highest BCUT2D eigenvalue weighted by molar-refractivity contribution is 5.78. The second-order valence-corrected chi connectivity index (χ2v) is 5.27. The van der Waals surface area contributed by atoms with Crippen molar-refractivity contribution in [1.29, 1.82) is 0 Å². The second-order valence-electron chi connectivity index (χ2n) is 5.27. The standard InChI is InChI=1S/C19H23NO3/c1-3-22-17-5-4-6-18(14-17)23-12-11-20-19(21)13-16-9-7-15(2)8-10-16/h4-10,14H,3,11-13H2,1-2H3,(H,20,21). The average molecular weight is 313 g/mol. The van der Waals surface area contributed by atoms with E-state index in [1.807, 2.05) is 62.4 Å². The number of aryl methyl sites for hydroxylation is 1. The fraction of sp³-hybridized carbons (Fsp3) is 0.316. The Morgan fingerprint density at radius 1 is 1.04 bits per heavy atom. The Bertz CT molecular complexity index is 623. The maximum atomic E-state index is 11.9. The molecule has 0 aliphatic carbocycles. The van der Waals surface area contributed by atoms with E-state index in [0.717, 1.165) is 17.1 Å². The van der Waals surface area contributed by atoms with Crippen LogP contribution in [-0.4, -0.2) is 25.7 Å². The van der Waals surface area contributed by atoms with E-state index in [-0.39, 0.29) is 5.91 Å². The monoisotopic (exact) mass is 313 g/mol. The van der Waals surface area contributed by atoms with Gasteiger partial charge in [-0.05, 0) is 31.5 Å². The van der Waals surface area contributed by atoms with Gasteiger partial charge in [-0.1, -0.05) is 35.9 Å². The lowest BCUT2D eigenvalue weighted by atomic mass is 10.1. The van der Waals surface area contributed by atoms with Crippen LogP contribution >= 0.6 is 0 Å². The molecule has 1 amide bonds. The Hall–Kier alpha value is -2.49. The molecule has 4 heteroatoms. The first-order valence-corrected chi connectivity index (χ1v) is 7.85. The molecule has 4 nitrogen and oxygen atoms in total. The topological polar surface area (TPSA) is 47.6 Å². The third kappa shape index (κ3) is 6.02. The number of carbonyl (C=O) groups is 1. The Balaban J connectivity index is 1.69. The molecule has 0 aliphatic heterocycles. The Labute approximate surface area is 137 Å². The molecule has 0 atom stereocenters. The van der Waals surface area contributed by atoms with E-state index in [1.54, 1.807) is 0 Å². The number of amides is 1. The molecule has 0 radical (unpaired) electrons. The zero-order valence-electron chi connectivity index (χ0n) is 13.7. The van der Waals surface area contributed by atoms with E-state index in [9.17, 15) is 4.79 Å². The first kappa shape index (κ1) is 16.9. The second kappa shape index (κ2) is 8.83. The number of carbonyl (C=O) groups excluding carboxylic acids is 1. The first-order chi connectivity index (χ1) is 11.2. The van der Waals surface area contributed by atoms with Gasteiger partial charge in [-0.3, -0.25) is 4.79 Å². The summed E-state index contributed by atoms with van der Waals surface area (Å²) in [5, 5.41) is 2.86. The van der Waals surface area contributed by atoms with Crippen molar-refractivity contribution >= 4 is 5.91 Å². The smallest absolute Gasteiger partial charge is 0.224 e. The van der Waals surface area contributed by atoms with Crippen molar-refractivity contribution in [2.75, 3.05) is 19.8 Å². The van der Waals surface area contributed by atoms with Crippen LogP contribution in [0.1, 0.15) is 18.1 Å². The summed E-state index contributed by atoms with van der Waals surface area (Å²) in [6, 6.07) is 15.5. The van der Waals surface area contributed by atoms with Gasteiger partial charge in [-0.15, -0.1) is 0 Å². The minimum absolute atomic E-state index is 0.000482. The van der Waals surface area contributed by atoms with Crippen LogP contribution in [0.15, 0.2) is 48.5 Å². The molecule has 2 aromatic rings. The summed E-state index contributed by atoms with van der Waals surface area (Å²) < 4.78 is 11.0. The summed E-state index contributed by atoms with van der Waals surface area (Å²) in [4.78, 5) is 11.9. The quantitative estimate of drug-likeness (QED) is 0.762. The van der Waals surface area contributed by atoms with Crippen molar-refractivity contribution < 1.29 is 14.3 Å². The van der Waals surface area contributed by atoms with Gasteiger partial charge in [0.05, 0.1) is 19.6 Å². The number of rotatable bonds is 8. The summed E-state index contributed by atoms with van der Waals surface area (Å²) >= 11 is 0. The summed E-state index contributed by atoms with van der Waals surface area (Å²) in [6.07, 6.45) is 0.389. The highest BCUT2D eigenvalue weighted by Gasteiger charge is 2.03. The average Bonchev–Trinajstić information content (AvgIpc) is 2.55. The van der Waals surface area contributed by atoms with Crippen molar-refractivity contribution in [1.82, 2.24) is 5.32 Å².